The van der Waals surface area contributed by atoms with Gasteiger partial charge in [-0.1, -0.05) is 12.1 Å². The summed E-state index contributed by atoms with van der Waals surface area (Å²) in [6, 6.07) is 0.618. The van der Waals surface area contributed by atoms with Gasteiger partial charge in [-0.2, -0.15) is 4.98 Å². The predicted octanol–water partition coefficient (Wildman–Crippen LogP) is 0.570. The highest BCUT2D eigenvalue weighted by molar-refractivity contribution is 5.79. The summed E-state index contributed by atoms with van der Waals surface area (Å²) >= 11 is 0. The van der Waals surface area contributed by atoms with Crippen molar-refractivity contribution >= 4 is 5.96 Å². The molecule has 7 nitrogen and oxygen atoms in total. The van der Waals surface area contributed by atoms with E-state index in [1.54, 1.807) is 7.05 Å². The molecule has 1 saturated heterocycles. The molecule has 0 saturated carbocycles. The number of guanidine groups is 1. The molecule has 0 aliphatic carbocycles. The van der Waals surface area contributed by atoms with Crippen molar-refractivity contribution in [2.45, 2.75) is 39.2 Å². The van der Waals surface area contributed by atoms with Crippen LogP contribution in [0, 0.1) is 6.92 Å². The Morgan fingerprint density at radius 1 is 1.48 bits per heavy atom. The number of aliphatic imine (C=N–C) groups is 1. The zero-order valence-corrected chi connectivity index (χ0v) is 13.2. The lowest BCUT2D eigenvalue weighted by atomic mass is 10.2. The second-order valence-electron chi connectivity index (χ2n) is 5.29. The van der Waals surface area contributed by atoms with Crippen LogP contribution in [0.4, 0.5) is 0 Å². The molecular formula is C14H26N6O. The molecule has 0 spiro atoms. The molecule has 1 atom stereocenters. The molecule has 1 aliphatic rings. The van der Waals surface area contributed by atoms with Crippen LogP contribution in [0.1, 0.15) is 31.5 Å². The first-order chi connectivity index (χ1) is 10.2. The highest BCUT2D eigenvalue weighted by Crippen LogP contribution is 2.15. The van der Waals surface area contributed by atoms with Crippen LogP contribution < -0.4 is 10.6 Å². The maximum absolute atomic E-state index is 5.08. The number of likely N-dealkylation sites (tertiary alicyclic amines) is 1. The number of hydrogen-bond acceptors (Lipinski definition) is 5. The Kier molecular flexibility index (Phi) is 5.98. The van der Waals surface area contributed by atoms with Gasteiger partial charge in [0, 0.05) is 32.6 Å². The summed E-state index contributed by atoms with van der Waals surface area (Å²) in [6.45, 7) is 8.04. The van der Waals surface area contributed by atoms with E-state index in [1.807, 2.05) is 6.92 Å². The molecule has 2 N–H and O–H groups in total. The summed E-state index contributed by atoms with van der Waals surface area (Å²) in [6.07, 6.45) is 3.26. The van der Waals surface area contributed by atoms with Crippen molar-refractivity contribution < 1.29 is 4.52 Å². The molecule has 1 aromatic heterocycles. The molecule has 21 heavy (non-hydrogen) atoms. The topological polar surface area (TPSA) is 78.6 Å². The van der Waals surface area contributed by atoms with E-state index < -0.39 is 0 Å². The fraction of sp³-hybridized carbons (Fsp3) is 0.786. The lowest BCUT2D eigenvalue weighted by Gasteiger charge is -2.23. The maximum Gasteiger partial charge on any atom is 0.228 e. The van der Waals surface area contributed by atoms with Crippen LogP contribution in [0.15, 0.2) is 9.52 Å². The summed E-state index contributed by atoms with van der Waals surface area (Å²) in [5, 5.41) is 10.4. The van der Waals surface area contributed by atoms with Crippen LogP contribution in [0.25, 0.3) is 0 Å². The third-order valence-corrected chi connectivity index (χ3v) is 3.83. The molecule has 1 aliphatic heterocycles. The van der Waals surface area contributed by atoms with Crippen molar-refractivity contribution in [2.75, 3.05) is 33.2 Å². The van der Waals surface area contributed by atoms with Crippen molar-refractivity contribution in [1.29, 1.82) is 0 Å². The molecule has 0 aromatic carbocycles. The number of hydrogen-bond donors (Lipinski definition) is 2. The third-order valence-electron chi connectivity index (χ3n) is 3.83. The van der Waals surface area contributed by atoms with E-state index in [2.05, 4.69) is 37.6 Å². The fourth-order valence-corrected chi connectivity index (χ4v) is 2.71. The van der Waals surface area contributed by atoms with Crippen molar-refractivity contribution in [3.63, 3.8) is 0 Å². The Labute approximate surface area is 126 Å². The minimum absolute atomic E-state index is 0.618. The van der Waals surface area contributed by atoms with Crippen molar-refractivity contribution in [3.8, 4) is 0 Å². The number of rotatable bonds is 6. The Morgan fingerprint density at radius 2 is 2.33 bits per heavy atom. The monoisotopic (exact) mass is 294 g/mol. The SMILES string of the molecule is CCN1CCCC1CNC(=NC)NCCc1nc(C)no1. The highest BCUT2D eigenvalue weighted by Gasteiger charge is 2.22. The van der Waals surface area contributed by atoms with Gasteiger partial charge in [0.2, 0.25) is 5.89 Å². The lowest BCUT2D eigenvalue weighted by molar-refractivity contribution is 0.267. The first-order valence-electron chi connectivity index (χ1n) is 7.70. The van der Waals surface area contributed by atoms with Gasteiger partial charge in [-0.25, -0.2) is 0 Å². The Bertz CT molecular complexity index is 458. The predicted molar refractivity (Wildman–Crippen MR) is 82.4 cm³/mol. The molecule has 0 radical (unpaired) electrons. The van der Waals surface area contributed by atoms with E-state index in [9.17, 15) is 0 Å². The van der Waals surface area contributed by atoms with E-state index in [-0.39, 0.29) is 0 Å². The van der Waals surface area contributed by atoms with Crippen LogP contribution in [0.3, 0.4) is 0 Å². The van der Waals surface area contributed by atoms with Gasteiger partial charge in [0.25, 0.3) is 0 Å². The quantitative estimate of drug-likeness (QED) is 0.590. The van der Waals surface area contributed by atoms with Gasteiger partial charge in [-0.15, -0.1) is 0 Å². The first-order valence-corrected chi connectivity index (χ1v) is 7.70. The maximum atomic E-state index is 5.08. The minimum atomic E-state index is 0.618. The van der Waals surface area contributed by atoms with E-state index in [0.29, 0.717) is 24.2 Å². The standard InChI is InChI=1S/C14H26N6O/c1-4-20-9-5-6-12(20)10-17-14(15-3)16-8-7-13-18-11(2)19-21-13/h12H,4-10H2,1-3H3,(H2,15,16,17). The number of aromatic nitrogens is 2. The number of likely N-dealkylation sites (N-methyl/N-ethyl adjacent to an activating group) is 1. The summed E-state index contributed by atoms with van der Waals surface area (Å²) < 4.78 is 5.08. The lowest BCUT2D eigenvalue weighted by Crippen LogP contribution is -2.45. The van der Waals surface area contributed by atoms with Crippen molar-refractivity contribution in [1.82, 2.24) is 25.7 Å². The summed E-state index contributed by atoms with van der Waals surface area (Å²) in [5.74, 6) is 2.16. The van der Waals surface area contributed by atoms with Gasteiger partial charge < -0.3 is 15.2 Å². The highest BCUT2D eigenvalue weighted by atomic mass is 16.5. The molecule has 1 aromatic rings. The zero-order chi connectivity index (χ0) is 15.1. The van der Waals surface area contributed by atoms with Crippen LogP contribution in [0.5, 0.6) is 0 Å². The Balaban J connectivity index is 1.68. The second-order valence-corrected chi connectivity index (χ2v) is 5.29. The van der Waals surface area contributed by atoms with Crippen molar-refractivity contribution in [3.05, 3.63) is 11.7 Å². The molecule has 1 fully saturated rings. The second kappa shape index (κ2) is 7.97. The van der Waals surface area contributed by atoms with Crippen molar-refractivity contribution in [2.24, 2.45) is 4.99 Å². The fourth-order valence-electron chi connectivity index (χ4n) is 2.71. The summed E-state index contributed by atoms with van der Waals surface area (Å²) in [4.78, 5) is 10.9. The largest absolute Gasteiger partial charge is 0.356 e. The molecule has 0 amide bonds. The molecule has 0 bridgehead atoms. The molecular weight excluding hydrogens is 268 g/mol. The average molecular weight is 294 g/mol. The number of aryl methyl sites for hydroxylation is 1. The summed E-state index contributed by atoms with van der Waals surface area (Å²) in [7, 11) is 1.79. The van der Waals surface area contributed by atoms with E-state index in [1.165, 1.54) is 19.4 Å². The third kappa shape index (κ3) is 4.70. The summed E-state index contributed by atoms with van der Waals surface area (Å²) in [5.41, 5.74) is 0. The zero-order valence-electron chi connectivity index (χ0n) is 13.2. The van der Waals surface area contributed by atoms with Crippen LogP contribution in [0.2, 0.25) is 0 Å². The molecule has 1 unspecified atom stereocenters. The van der Waals surface area contributed by atoms with Crippen LogP contribution in [-0.2, 0) is 6.42 Å². The molecule has 118 valence electrons. The van der Waals surface area contributed by atoms with Gasteiger partial charge in [0.1, 0.15) is 0 Å². The Morgan fingerprint density at radius 3 is 3.00 bits per heavy atom. The van der Waals surface area contributed by atoms with Gasteiger partial charge in [0.15, 0.2) is 11.8 Å². The number of nitrogens with one attached hydrogen (secondary N) is 2. The van der Waals surface area contributed by atoms with Gasteiger partial charge >= 0.3 is 0 Å². The van der Waals surface area contributed by atoms with E-state index >= 15 is 0 Å². The van der Waals surface area contributed by atoms with Crippen LogP contribution in [-0.4, -0.2) is 60.3 Å². The smallest absolute Gasteiger partial charge is 0.228 e. The molecule has 7 heteroatoms. The Hall–Kier alpha value is -1.63. The number of nitrogens with zero attached hydrogens (tertiary/aromatic N) is 4. The molecule has 2 rings (SSSR count). The normalized spacial score (nSPS) is 20.0. The van der Waals surface area contributed by atoms with Gasteiger partial charge in [0.05, 0.1) is 0 Å². The average Bonchev–Trinajstić information content (AvgIpc) is 3.11. The van der Waals surface area contributed by atoms with Gasteiger partial charge in [-0.05, 0) is 32.9 Å². The van der Waals surface area contributed by atoms with Gasteiger partial charge in [-0.3, -0.25) is 9.89 Å². The first kappa shape index (κ1) is 15.8. The van der Waals surface area contributed by atoms with E-state index in [0.717, 1.165) is 25.6 Å². The van der Waals surface area contributed by atoms with E-state index in [4.69, 9.17) is 4.52 Å². The molecule has 2 heterocycles. The minimum Gasteiger partial charge on any atom is -0.356 e. The van der Waals surface area contributed by atoms with Crippen LogP contribution >= 0.6 is 0 Å².